The van der Waals surface area contributed by atoms with Gasteiger partial charge in [-0.25, -0.2) is 0 Å². The summed E-state index contributed by atoms with van der Waals surface area (Å²) < 4.78 is 38.1. The SMILES string of the molecule is CC(c1cccc(C(F)(F)F)c1)N1CC(CN)CC1=O. The van der Waals surface area contributed by atoms with Crippen molar-refractivity contribution in [1.29, 1.82) is 0 Å². The Morgan fingerprint density at radius 2 is 2.15 bits per heavy atom. The predicted octanol–water partition coefficient (Wildman–Crippen LogP) is 2.57. The minimum atomic E-state index is -4.37. The van der Waals surface area contributed by atoms with Gasteiger partial charge < -0.3 is 10.6 Å². The molecule has 1 aromatic carbocycles. The molecule has 3 nitrogen and oxygen atoms in total. The van der Waals surface area contributed by atoms with Gasteiger partial charge in [0.2, 0.25) is 5.91 Å². The second-order valence-electron chi connectivity index (χ2n) is 5.15. The molecule has 1 saturated heterocycles. The van der Waals surface area contributed by atoms with Crippen LogP contribution in [0.2, 0.25) is 0 Å². The number of likely N-dealkylation sites (tertiary alicyclic amines) is 1. The normalized spacial score (nSPS) is 21.4. The molecule has 0 saturated carbocycles. The Morgan fingerprint density at radius 1 is 1.45 bits per heavy atom. The third-order valence-corrected chi connectivity index (χ3v) is 3.74. The Kier molecular flexibility index (Phi) is 4.04. The topological polar surface area (TPSA) is 46.3 Å². The average molecular weight is 286 g/mol. The van der Waals surface area contributed by atoms with Gasteiger partial charge in [-0.05, 0) is 37.1 Å². The van der Waals surface area contributed by atoms with Crippen molar-refractivity contribution >= 4 is 5.91 Å². The number of benzene rings is 1. The van der Waals surface area contributed by atoms with E-state index >= 15 is 0 Å². The number of nitrogens with zero attached hydrogens (tertiary/aromatic N) is 1. The van der Waals surface area contributed by atoms with E-state index in [0.717, 1.165) is 12.1 Å². The summed E-state index contributed by atoms with van der Waals surface area (Å²) in [5, 5.41) is 0. The third kappa shape index (κ3) is 2.95. The molecule has 1 heterocycles. The van der Waals surface area contributed by atoms with Gasteiger partial charge in [0.15, 0.2) is 0 Å². The molecule has 0 aromatic heterocycles. The molecule has 2 N–H and O–H groups in total. The smallest absolute Gasteiger partial charge is 0.336 e. The molecule has 20 heavy (non-hydrogen) atoms. The molecule has 1 aromatic rings. The van der Waals surface area contributed by atoms with Crippen molar-refractivity contribution < 1.29 is 18.0 Å². The average Bonchev–Trinajstić information content (AvgIpc) is 2.78. The summed E-state index contributed by atoms with van der Waals surface area (Å²) in [6.45, 7) is 2.66. The number of halogens is 3. The van der Waals surface area contributed by atoms with E-state index in [1.54, 1.807) is 17.9 Å². The summed E-state index contributed by atoms with van der Waals surface area (Å²) in [5.41, 5.74) is 5.35. The fourth-order valence-corrected chi connectivity index (χ4v) is 2.50. The molecule has 0 aliphatic carbocycles. The number of hydrogen-bond donors (Lipinski definition) is 1. The molecule has 0 spiro atoms. The maximum Gasteiger partial charge on any atom is 0.416 e. The lowest BCUT2D eigenvalue weighted by molar-refractivity contribution is -0.137. The lowest BCUT2D eigenvalue weighted by atomic mass is 10.0. The number of alkyl halides is 3. The molecular formula is C14H17F3N2O. The number of carbonyl (C=O) groups excluding carboxylic acids is 1. The molecule has 1 aliphatic heterocycles. The highest BCUT2D eigenvalue weighted by Gasteiger charge is 2.34. The van der Waals surface area contributed by atoms with Crippen LogP contribution in [0, 0.1) is 5.92 Å². The molecule has 110 valence electrons. The first kappa shape index (κ1) is 14.8. The van der Waals surface area contributed by atoms with Gasteiger partial charge in [0.25, 0.3) is 0 Å². The van der Waals surface area contributed by atoms with E-state index < -0.39 is 11.7 Å². The molecule has 2 rings (SSSR count). The second-order valence-corrected chi connectivity index (χ2v) is 5.15. The molecule has 0 radical (unpaired) electrons. The van der Waals surface area contributed by atoms with Crippen LogP contribution < -0.4 is 5.73 Å². The zero-order valence-electron chi connectivity index (χ0n) is 11.2. The minimum Gasteiger partial charge on any atom is -0.336 e. The van der Waals surface area contributed by atoms with Crippen LogP contribution in [0.15, 0.2) is 24.3 Å². The summed E-state index contributed by atoms with van der Waals surface area (Å²) in [6, 6.07) is 4.75. The zero-order valence-corrected chi connectivity index (χ0v) is 11.2. The monoisotopic (exact) mass is 286 g/mol. The Hall–Kier alpha value is -1.56. The van der Waals surface area contributed by atoms with Crippen molar-refractivity contribution in [2.75, 3.05) is 13.1 Å². The van der Waals surface area contributed by atoms with Crippen LogP contribution in [0.3, 0.4) is 0 Å². The van der Waals surface area contributed by atoms with E-state index in [1.165, 1.54) is 6.07 Å². The maximum atomic E-state index is 12.7. The van der Waals surface area contributed by atoms with Crippen LogP contribution >= 0.6 is 0 Å². The standard InChI is InChI=1S/C14H17F3N2O/c1-9(19-8-10(7-18)5-13(19)20)11-3-2-4-12(6-11)14(15,16)17/h2-4,6,9-10H,5,7-8,18H2,1H3. The summed E-state index contributed by atoms with van der Waals surface area (Å²) in [6.07, 6.45) is -4.00. The number of hydrogen-bond acceptors (Lipinski definition) is 2. The fraction of sp³-hybridized carbons (Fsp3) is 0.500. The van der Waals surface area contributed by atoms with Crippen LogP contribution in [-0.4, -0.2) is 23.9 Å². The molecule has 1 amide bonds. The summed E-state index contributed by atoms with van der Waals surface area (Å²) >= 11 is 0. The molecule has 0 bridgehead atoms. The Labute approximate surface area is 115 Å². The molecule has 2 unspecified atom stereocenters. The number of carbonyl (C=O) groups is 1. The third-order valence-electron chi connectivity index (χ3n) is 3.74. The largest absolute Gasteiger partial charge is 0.416 e. The lowest BCUT2D eigenvalue weighted by Gasteiger charge is -2.25. The second kappa shape index (κ2) is 5.44. The zero-order chi connectivity index (χ0) is 14.9. The van der Waals surface area contributed by atoms with E-state index in [2.05, 4.69) is 0 Å². The minimum absolute atomic E-state index is 0.0506. The highest BCUT2D eigenvalue weighted by atomic mass is 19.4. The van der Waals surface area contributed by atoms with Crippen molar-refractivity contribution in [2.24, 2.45) is 11.7 Å². The van der Waals surface area contributed by atoms with Gasteiger partial charge in [0.1, 0.15) is 0 Å². The van der Waals surface area contributed by atoms with Crippen LogP contribution in [0.4, 0.5) is 13.2 Å². The molecule has 6 heteroatoms. The summed E-state index contributed by atoms with van der Waals surface area (Å²) in [7, 11) is 0. The first-order valence-electron chi connectivity index (χ1n) is 6.49. The highest BCUT2D eigenvalue weighted by molar-refractivity contribution is 5.79. The number of nitrogens with two attached hydrogens (primary N) is 1. The first-order valence-corrected chi connectivity index (χ1v) is 6.49. The van der Waals surface area contributed by atoms with E-state index in [9.17, 15) is 18.0 Å². The van der Waals surface area contributed by atoms with Gasteiger partial charge in [0.05, 0.1) is 11.6 Å². The van der Waals surface area contributed by atoms with E-state index in [0.29, 0.717) is 25.1 Å². The van der Waals surface area contributed by atoms with E-state index in [4.69, 9.17) is 5.73 Å². The van der Waals surface area contributed by atoms with Gasteiger partial charge in [-0.15, -0.1) is 0 Å². The van der Waals surface area contributed by atoms with Crippen LogP contribution in [-0.2, 0) is 11.0 Å². The maximum absolute atomic E-state index is 12.7. The van der Waals surface area contributed by atoms with Crippen molar-refractivity contribution in [2.45, 2.75) is 25.6 Å². The number of amides is 1. The van der Waals surface area contributed by atoms with Crippen LogP contribution in [0.5, 0.6) is 0 Å². The van der Waals surface area contributed by atoms with Crippen molar-refractivity contribution in [3.8, 4) is 0 Å². The number of rotatable bonds is 3. The Balaban J connectivity index is 2.21. The van der Waals surface area contributed by atoms with Crippen molar-refractivity contribution in [1.82, 2.24) is 4.90 Å². The van der Waals surface area contributed by atoms with Gasteiger partial charge in [-0.1, -0.05) is 12.1 Å². The molecule has 1 fully saturated rings. The summed E-state index contributed by atoms with van der Waals surface area (Å²) in [5.74, 6) is 0.0427. The highest BCUT2D eigenvalue weighted by Crippen LogP contribution is 2.33. The van der Waals surface area contributed by atoms with E-state index in [1.807, 2.05) is 0 Å². The van der Waals surface area contributed by atoms with Crippen LogP contribution in [0.25, 0.3) is 0 Å². The lowest BCUT2D eigenvalue weighted by Crippen LogP contribution is -2.29. The van der Waals surface area contributed by atoms with Gasteiger partial charge in [-0.2, -0.15) is 13.2 Å². The van der Waals surface area contributed by atoms with Gasteiger partial charge in [0, 0.05) is 13.0 Å². The molecule has 1 aliphatic rings. The van der Waals surface area contributed by atoms with Gasteiger partial charge in [-0.3, -0.25) is 4.79 Å². The Morgan fingerprint density at radius 3 is 2.70 bits per heavy atom. The van der Waals surface area contributed by atoms with E-state index in [-0.39, 0.29) is 17.9 Å². The van der Waals surface area contributed by atoms with Crippen LogP contribution in [0.1, 0.15) is 30.5 Å². The predicted molar refractivity (Wildman–Crippen MR) is 68.7 cm³/mol. The van der Waals surface area contributed by atoms with Crippen molar-refractivity contribution in [3.05, 3.63) is 35.4 Å². The fourth-order valence-electron chi connectivity index (χ4n) is 2.50. The summed E-state index contributed by atoms with van der Waals surface area (Å²) in [4.78, 5) is 13.5. The first-order chi connectivity index (χ1) is 9.32. The van der Waals surface area contributed by atoms with Gasteiger partial charge >= 0.3 is 6.18 Å². The molecule has 2 atom stereocenters. The van der Waals surface area contributed by atoms with Crippen molar-refractivity contribution in [3.63, 3.8) is 0 Å². The quantitative estimate of drug-likeness (QED) is 0.928. The molecular weight excluding hydrogens is 269 g/mol. The Bertz CT molecular complexity index is 501.